The lowest BCUT2D eigenvalue weighted by molar-refractivity contribution is -0.143. The maximum atomic E-state index is 12.5. The van der Waals surface area contributed by atoms with Crippen LogP contribution in [-0.4, -0.2) is 47.4 Å². The molecule has 0 aliphatic rings. The number of aliphatic hydroxyl groups is 2. The molecule has 0 aliphatic heterocycles. The van der Waals surface area contributed by atoms with Crippen molar-refractivity contribution in [2.24, 2.45) is 0 Å². The summed E-state index contributed by atoms with van der Waals surface area (Å²) in [5, 5.41) is 23.3. The van der Waals surface area contributed by atoms with Crippen molar-refractivity contribution in [3.8, 4) is 0 Å². The van der Waals surface area contributed by atoms with Gasteiger partial charge in [0.1, 0.15) is 0 Å². The monoisotopic (exact) mass is 1070 g/mol. The second-order valence-corrected chi connectivity index (χ2v) is 24.6. The van der Waals surface area contributed by atoms with Gasteiger partial charge in [0.25, 0.3) is 0 Å². The Morgan fingerprint density at radius 3 is 0.803 bits per heavy atom. The lowest BCUT2D eigenvalue weighted by Gasteiger charge is -2.22. The van der Waals surface area contributed by atoms with Crippen LogP contribution in [0.2, 0.25) is 0 Å². The minimum Gasteiger partial charge on any atom is -0.466 e. The molecule has 0 aromatic rings. The van der Waals surface area contributed by atoms with Crippen molar-refractivity contribution in [1.29, 1.82) is 0 Å². The van der Waals surface area contributed by atoms with Crippen LogP contribution in [0.4, 0.5) is 0 Å². The van der Waals surface area contributed by atoms with Crippen molar-refractivity contribution < 1.29 is 24.5 Å². The van der Waals surface area contributed by atoms with E-state index in [1.807, 2.05) is 0 Å². The Bertz CT molecular complexity index is 1100. The van der Waals surface area contributed by atoms with Crippen molar-refractivity contribution >= 4 is 11.9 Å². The second kappa shape index (κ2) is 66.4. The van der Waals surface area contributed by atoms with Gasteiger partial charge in [0, 0.05) is 12.8 Å². The van der Waals surface area contributed by atoms with Gasteiger partial charge in [-0.15, -0.1) is 0 Å². The van der Waals surface area contributed by atoms with Crippen LogP contribution in [-0.2, 0) is 14.3 Å². The van der Waals surface area contributed by atoms with Crippen LogP contribution in [0.3, 0.4) is 0 Å². The number of nitrogens with one attached hydrogen (secondary N) is 1. The summed E-state index contributed by atoms with van der Waals surface area (Å²) in [4.78, 5) is 24.6. The van der Waals surface area contributed by atoms with Gasteiger partial charge in [0.05, 0.1) is 25.4 Å². The molecule has 0 aromatic heterocycles. The zero-order valence-corrected chi connectivity index (χ0v) is 52.0. The number of amides is 1. The molecule has 2 atom stereocenters. The molecule has 6 heteroatoms. The number of esters is 1. The van der Waals surface area contributed by atoms with E-state index in [2.05, 4.69) is 19.2 Å². The predicted molar refractivity (Wildman–Crippen MR) is 334 cm³/mol. The molecule has 0 bridgehead atoms. The van der Waals surface area contributed by atoms with E-state index < -0.39 is 12.1 Å². The summed E-state index contributed by atoms with van der Waals surface area (Å²) < 4.78 is 5.51. The fraction of sp³-hybridized carbons (Fsp3) is 0.971. The van der Waals surface area contributed by atoms with Crippen LogP contribution in [0.25, 0.3) is 0 Å². The fourth-order valence-corrected chi connectivity index (χ4v) is 11.5. The van der Waals surface area contributed by atoms with Crippen LogP contribution < -0.4 is 5.32 Å². The first-order valence-corrected chi connectivity index (χ1v) is 35.3. The third-order valence-electron chi connectivity index (χ3n) is 16.9. The van der Waals surface area contributed by atoms with Crippen molar-refractivity contribution in [2.45, 2.75) is 424 Å². The second-order valence-electron chi connectivity index (χ2n) is 24.6. The first kappa shape index (κ1) is 74.9. The molecule has 3 N–H and O–H groups in total. The summed E-state index contributed by atoms with van der Waals surface area (Å²) in [5.74, 6) is -0.00452. The number of hydrogen-bond donors (Lipinski definition) is 3. The molecule has 6 nitrogen and oxygen atoms in total. The summed E-state index contributed by atoms with van der Waals surface area (Å²) in [5.41, 5.74) is 0. The van der Waals surface area contributed by atoms with E-state index in [0.717, 1.165) is 38.5 Å². The molecular formula is C70H139NO5. The molecule has 454 valence electrons. The smallest absolute Gasteiger partial charge is 0.305 e. The topological polar surface area (TPSA) is 95.9 Å². The van der Waals surface area contributed by atoms with E-state index in [9.17, 15) is 19.8 Å². The maximum absolute atomic E-state index is 12.5. The van der Waals surface area contributed by atoms with Crippen LogP contribution in [0.5, 0.6) is 0 Å². The third-order valence-corrected chi connectivity index (χ3v) is 16.9. The highest BCUT2D eigenvalue weighted by Crippen LogP contribution is 2.20. The number of carbonyl (C=O) groups excluding carboxylic acids is 2. The molecular weight excluding hydrogens is 935 g/mol. The van der Waals surface area contributed by atoms with Gasteiger partial charge in [-0.1, -0.05) is 373 Å². The van der Waals surface area contributed by atoms with Gasteiger partial charge in [-0.2, -0.15) is 0 Å². The van der Waals surface area contributed by atoms with Crippen LogP contribution >= 0.6 is 0 Å². The molecule has 0 aromatic carbocycles. The molecule has 0 aliphatic carbocycles. The Kier molecular flexibility index (Phi) is 65.4. The van der Waals surface area contributed by atoms with Gasteiger partial charge in [-0.3, -0.25) is 9.59 Å². The van der Waals surface area contributed by atoms with E-state index in [1.165, 1.54) is 340 Å². The predicted octanol–water partition coefficient (Wildman–Crippen LogP) is 22.6. The lowest BCUT2D eigenvalue weighted by Crippen LogP contribution is -2.45. The number of carbonyl (C=O) groups is 2. The summed E-state index contributed by atoms with van der Waals surface area (Å²) in [6.07, 6.45) is 80.1. The number of ether oxygens (including phenoxy) is 1. The van der Waals surface area contributed by atoms with Crippen molar-refractivity contribution in [1.82, 2.24) is 5.32 Å². The van der Waals surface area contributed by atoms with E-state index in [-0.39, 0.29) is 18.5 Å². The minimum atomic E-state index is -0.661. The van der Waals surface area contributed by atoms with E-state index in [4.69, 9.17) is 4.74 Å². The highest BCUT2D eigenvalue weighted by atomic mass is 16.5. The van der Waals surface area contributed by atoms with Gasteiger partial charge in [-0.25, -0.2) is 0 Å². The fourth-order valence-electron chi connectivity index (χ4n) is 11.5. The normalized spacial score (nSPS) is 12.4. The first-order chi connectivity index (χ1) is 37.5. The first-order valence-electron chi connectivity index (χ1n) is 35.3. The van der Waals surface area contributed by atoms with Crippen LogP contribution in [0.15, 0.2) is 0 Å². The molecule has 76 heavy (non-hydrogen) atoms. The minimum absolute atomic E-state index is 0.0235. The summed E-state index contributed by atoms with van der Waals surface area (Å²) in [7, 11) is 0. The van der Waals surface area contributed by atoms with Gasteiger partial charge < -0.3 is 20.3 Å². The van der Waals surface area contributed by atoms with Gasteiger partial charge in [-0.05, 0) is 25.7 Å². The maximum Gasteiger partial charge on any atom is 0.305 e. The lowest BCUT2D eigenvalue weighted by atomic mass is 10.0. The zero-order valence-electron chi connectivity index (χ0n) is 52.0. The number of unbranched alkanes of at least 4 members (excludes halogenated alkanes) is 56. The molecule has 0 saturated heterocycles. The third kappa shape index (κ3) is 62.1. The Labute approximate surface area is 476 Å². The van der Waals surface area contributed by atoms with Crippen molar-refractivity contribution in [3.63, 3.8) is 0 Å². The standard InChI is InChI=1S/C70H139NO5/c1-3-5-7-9-11-13-15-17-19-36-40-44-48-52-56-60-64-70(75)76-65-61-57-53-49-45-41-37-33-31-29-27-25-23-21-20-22-24-26-28-30-32-35-39-43-47-51-55-59-63-69(74)71-67(66-72)68(73)62-58-54-50-46-42-38-34-18-16-14-12-10-8-6-4-2/h67-68,72-73H,3-66H2,1-2H3,(H,71,74). The van der Waals surface area contributed by atoms with Crippen molar-refractivity contribution in [3.05, 3.63) is 0 Å². The number of rotatable bonds is 67. The SMILES string of the molecule is CCCCCCCCCCCCCCCCCCC(=O)OCCCCCCCCCCCCCCCCCCCCCCCCCCCCCCC(=O)NC(CO)C(O)CCCCCCCCCCCCCCCCC. The van der Waals surface area contributed by atoms with E-state index in [0.29, 0.717) is 25.9 Å². The molecule has 0 spiro atoms. The molecule has 0 fully saturated rings. The molecule has 2 unspecified atom stereocenters. The van der Waals surface area contributed by atoms with E-state index in [1.54, 1.807) is 0 Å². The van der Waals surface area contributed by atoms with Gasteiger partial charge >= 0.3 is 5.97 Å². The van der Waals surface area contributed by atoms with Crippen molar-refractivity contribution in [2.75, 3.05) is 13.2 Å². The highest BCUT2D eigenvalue weighted by molar-refractivity contribution is 5.76. The van der Waals surface area contributed by atoms with Gasteiger partial charge in [0.2, 0.25) is 5.91 Å². The van der Waals surface area contributed by atoms with Crippen LogP contribution in [0, 0.1) is 0 Å². The zero-order chi connectivity index (χ0) is 55.0. The molecule has 0 rings (SSSR count). The Hall–Kier alpha value is -1.14. The Balaban J connectivity index is 3.31. The average molecular weight is 1070 g/mol. The number of hydrogen-bond acceptors (Lipinski definition) is 5. The molecule has 1 amide bonds. The highest BCUT2D eigenvalue weighted by Gasteiger charge is 2.20. The number of aliphatic hydroxyl groups excluding tert-OH is 2. The molecule has 0 heterocycles. The Morgan fingerprint density at radius 1 is 0.316 bits per heavy atom. The molecule has 0 saturated carbocycles. The summed E-state index contributed by atoms with van der Waals surface area (Å²) in [6, 6.07) is -0.538. The van der Waals surface area contributed by atoms with Gasteiger partial charge in [0.15, 0.2) is 0 Å². The Morgan fingerprint density at radius 2 is 0.539 bits per heavy atom. The van der Waals surface area contributed by atoms with Crippen LogP contribution in [0.1, 0.15) is 412 Å². The van der Waals surface area contributed by atoms with E-state index >= 15 is 0 Å². The summed E-state index contributed by atoms with van der Waals surface area (Å²) >= 11 is 0. The summed E-state index contributed by atoms with van der Waals surface area (Å²) in [6.45, 7) is 5.00. The largest absolute Gasteiger partial charge is 0.466 e. The average Bonchev–Trinajstić information content (AvgIpc) is 3.42. The molecule has 0 radical (unpaired) electrons. The quantitative estimate of drug-likeness (QED) is 0.0417.